The van der Waals surface area contributed by atoms with Gasteiger partial charge in [-0.1, -0.05) is 11.6 Å². The van der Waals surface area contributed by atoms with Crippen LogP contribution in [-0.2, 0) is 0 Å². The SMILES string of the molecule is CN(c1ccc(C#N)cc1Cl)C1CCC1. The van der Waals surface area contributed by atoms with Gasteiger partial charge in [-0.2, -0.15) is 5.26 Å². The first-order chi connectivity index (χ1) is 7.22. The molecule has 0 N–H and O–H groups in total. The largest absolute Gasteiger partial charge is 0.370 e. The zero-order valence-electron chi connectivity index (χ0n) is 8.70. The Balaban J connectivity index is 2.24. The number of hydrogen-bond acceptors (Lipinski definition) is 2. The van der Waals surface area contributed by atoms with Gasteiger partial charge in [-0.15, -0.1) is 0 Å². The van der Waals surface area contributed by atoms with Crippen molar-refractivity contribution in [1.29, 1.82) is 5.26 Å². The molecule has 0 amide bonds. The van der Waals surface area contributed by atoms with Crippen molar-refractivity contribution in [2.45, 2.75) is 25.3 Å². The minimum atomic E-state index is 0.616. The first kappa shape index (κ1) is 10.3. The first-order valence-electron chi connectivity index (χ1n) is 5.15. The van der Waals surface area contributed by atoms with E-state index in [0.717, 1.165) is 5.69 Å². The Bertz CT molecular complexity index is 405. The minimum absolute atomic E-state index is 0.616. The molecule has 1 aliphatic carbocycles. The third kappa shape index (κ3) is 1.93. The van der Waals surface area contributed by atoms with Gasteiger partial charge in [0.15, 0.2) is 0 Å². The van der Waals surface area contributed by atoms with E-state index in [-0.39, 0.29) is 0 Å². The van der Waals surface area contributed by atoms with E-state index in [1.165, 1.54) is 19.3 Å². The van der Waals surface area contributed by atoms with E-state index < -0.39 is 0 Å². The second kappa shape index (κ2) is 4.12. The van der Waals surface area contributed by atoms with Crippen molar-refractivity contribution < 1.29 is 0 Å². The molecule has 1 aliphatic rings. The highest BCUT2D eigenvalue weighted by Crippen LogP contribution is 2.32. The number of anilines is 1. The molecule has 0 spiro atoms. The standard InChI is InChI=1S/C12H13ClN2/c1-15(10-3-2-4-10)12-6-5-9(8-14)7-11(12)13/h5-7,10H,2-4H2,1H3. The van der Waals surface area contributed by atoms with Crippen molar-refractivity contribution in [2.24, 2.45) is 0 Å². The van der Waals surface area contributed by atoms with Crippen LogP contribution in [0.1, 0.15) is 24.8 Å². The lowest BCUT2D eigenvalue weighted by Crippen LogP contribution is -2.37. The van der Waals surface area contributed by atoms with Crippen molar-refractivity contribution in [2.75, 3.05) is 11.9 Å². The van der Waals surface area contributed by atoms with E-state index in [1.807, 2.05) is 12.1 Å². The Morgan fingerprint density at radius 3 is 2.67 bits per heavy atom. The molecular weight excluding hydrogens is 208 g/mol. The fourth-order valence-corrected chi connectivity index (χ4v) is 2.15. The third-order valence-electron chi connectivity index (χ3n) is 3.08. The fourth-order valence-electron chi connectivity index (χ4n) is 1.83. The summed E-state index contributed by atoms with van der Waals surface area (Å²) in [5.41, 5.74) is 1.64. The first-order valence-corrected chi connectivity index (χ1v) is 5.52. The molecule has 15 heavy (non-hydrogen) atoms. The summed E-state index contributed by atoms with van der Waals surface area (Å²) in [6.07, 6.45) is 3.79. The number of nitrogens with zero attached hydrogens (tertiary/aromatic N) is 2. The molecule has 78 valence electrons. The summed E-state index contributed by atoms with van der Waals surface area (Å²) in [4.78, 5) is 2.22. The van der Waals surface area contributed by atoms with E-state index >= 15 is 0 Å². The maximum atomic E-state index is 8.74. The van der Waals surface area contributed by atoms with Crippen LogP contribution in [0.25, 0.3) is 0 Å². The second-order valence-electron chi connectivity index (χ2n) is 3.97. The molecule has 1 aromatic carbocycles. The van der Waals surface area contributed by atoms with Crippen LogP contribution in [0.3, 0.4) is 0 Å². The number of rotatable bonds is 2. The molecule has 0 aromatic heterocycles. The van der Waals surface area contributed by atoms with Crippen molar-refractivity contribution in [3.05, 3.63) is 28.8 Å². The number of halogens is 1. The van der Waals surface area contributed by atoms with Crippen LogP contribution >= 0.6 is 11.6 Å². The number of hydrogen-bond donors (Lipinski definition) is 0. The maximum absolute atomic E-state index is 8.74. The van der Waals surface area contributed by atoms with Crippen LogP contribution in [0.4, 0.5) is 5.69 Å². The van der Waals surface area contributed by atoms with Crippen LogP contribution in [0, 0.1) is 11.3 Å². The van der Waals surface area contributed by atoms with Crippen molar-refractivity contribution in [1.82, 2.24) is 0 Å². The molecule has 1 fully saturated rings. The average Bonchev–Trinajstić information content (AvgIpc) is 2.14. The van der Waals surface area contributed by atoms with Crippen molar-refractivity contribution in [3.63, 3.8) is 0 Å². The monoisotopic (exact) mass is 220 g/mol. The average molecular weight is 221 g/mol. The lowest BCUT2D eigenvalue weighted by molar-refractivity contribution is 0.401. The van der Waals surface area contributed by atoms with Gasteiger partial charge in [-0.05, 0) is 37.5 Å². The maximum Gasteiger partial charge on any atom is 0.0992 e. The van der Waals surface area contributed by atoms with Gasteiger partial charge >= 0.3 is 0 Å². The molecule has 0 radical (unpaired) electrons. The van der Waals surface area contributed by atoms with Gasteiger partial charge in [0.25, 0.3) is 0 Å². The van der Waals surface area contributed by atoms with Crippen molar-refractivity contribution >= 4 is 17.3 Å². The van der Waals surface area contributed by atoms with E-state index in [1.54, 1.807) is 6.07 Å². The molecule has 1 saturated carbocycles. The Morgan fingerprint density at radius 2 is 2.20 bits per heavy atom. The Morgan fingerprint density at radius 1 is 1.47 bits per heavy atom. The van der Waals surface area contributed by atoms with Gasteiger partial charge in [-0.3, -0.25) is 0 Å². The summed E-state index contributed by atoms with van der Waals surface area (Å²) in [5.74, 6) is 0. The van der Waals surface area contributed by atoms with Gasteiger partial charge in [0, 0.05) is 13.1 Å². The topological polar surface area (TPSA) is 27.0 Å². The Kier molecular flexibility index (Phi) is 2.83. The molecule has 2 rings (SSSR count). The van der Waals surface area contributed by atoms with E-state index in [2.05, 4.69) is 18.0 Å². The quantitative estimate of drug-likeness (QED) is 0.766. The molecule has 0 saturated heterocycles. The van der Waals surface area contributed by atoms with Gasteiger partial charge in [-0.25, -0.2) is 0 Å². The molecule has 0 aliphatic heterocycles. The molecule has 0 atom stereocenters. The number of benzene rings is 1. The minimum Gasteiger partial charge on any atom is -0.370 e. The zero-order valence-corrected chi connectivity index (χ0v) is 9.46. The fraction of sp³-hybridized carbons (Fsp3) is 0.417. The second-order valence-corrected chi connectivity index (χ2v) is 4.38. The lowest BCUT2D eigenvalue weighted by Gasteiger charge is -2.36. The molecule has 2 nitrogen and oxygen atoms in total. The molecular formula is C12H13ClN2. The van der Waals surface area contributed by atoms with Crippen LogP contribution in [-0.4, -0.2) is 13.1 Å². The van der Waals surface area contributed by atoms with Gasteiger partial charge < -0.3 is 4.90 Å². The summed E-state index contributed by atoms with van der Waals surface area (Å²) < 4.78 is 0. The Labute approximate surface area is 95.1 Å². The smallest absolute Gasteiger partial charge is 0.0992 e. The van der Waals surface area contributed by atoms with E-state index in [0.29, 0.717) is 16.6 Å². The van der Waals surface area contributed by atoms with Crippen molar-refractivity contribution in [3.8, 4) is 6.07 Å². The Hall–Kier alpha value is -1.20. The van der Waals surface area contributed by atoms with Crippen LogP contribution in [0.5, 0.6) is 0 Å². The van der Waals surface area contributed by atoms with Crippen LogP contribution in [0.15, 0.2) is 18.2 Å². The molecule has 1 aromatic rings. The summed E-state index contributed by atoms with van der Waals surface area (Å²) in [5, 5.41) is 9.41. The molecule has 0 bridgehead atoms. The summed E-state index contributed by atoms with van der Waals surface area (Å²) >= 11 is 6.14. The number of nitriles is 1. The summed E-state index contributed by atoms with van der Waals surface area (Å²) in [6, 6.07) is 8.18. The van der Waals surface area contributed by atoms with Crippen LogP contribution in [0.2, 0.25) is 5.02 Å². The lowest BCUT2D eigenvalue weighted by atomic mass is 9.91. The predicted molar refractivity (Wildman–Crippen MR) is 62.2 cm³/mol. The van der Waals surface area contributed by atoms with Gasteiger partial charge in [0.05, 0.1) is 22.3 Å². The third-order valence-corrected chi connectivity index (χ3v) is 3.38. The predicted octanol–water partition coefficient (Wildman–Crippen LogP) is 3.20. The highest BCUT2D eigenvalue weighted by atomic mass is 35.5. The highest BCUT2D eigenvalue weighted by molar-refractivity contribution is 6.33. The highest BCUT2D eigenvalue weighted by Gasteiger charge is 2.23. The normalized spacial score (nSPS) is 15.5. The summed E-state index contributed by atoms with van der Waals surface area (Å²) in [7, 11) is 2.07. The molecule has 3 heteroatoms. The van der Waals surface area contributed by atoms with E-state index in [9.17, 15) is 0 Å². The molecule has 0 heterocycles. The van der Waals surface area contributed by atoms with Gasteiger partial charge in [0.2, 0.25) is 0 Å². The zero-order chi connectivity index (χ0) is 10.8. The molecule has 0 unspecified atom stereocenters. The summed E-state index contributed by atoms with van der Waals surface area (Å²) in [6.45, 7) is 0. The van der Waals surface area contributed by atoms with Gasteiger partial charge in [0.1, 0.15) is 0 Å². The van der Waals surface area contributed by atoms with Crippen LogP contribution < -0.4 is 4.90 Å². The van der Waals surface area contributed by atoms with E-state index in [4.69, 9.17) is 16.9 Å².